The van der Waals surface area contributed by atoms with Gasteiger partial charge in [-0.05, 0) is 42.7 Å². The zero-order chi connectivity index (χ0) is 17.9. The number of halogens is 1. The van der Waals surface area contributed by atoms with Crippen molar-refractivity contribution in [2.45, 2.75) is 12.8 Å². The Morgan fingerprint density at radius 1 is 1.12 bits per heavy atom. The number of hydrogen-bond acceptors (Lipinski definition) is 4. The molecule has 3 heterocycles. The number of hydrogen-bond donors (Lipinski definition) is 0. The number of aryl methyl sites for hydroxylation is 2. The molecule has 0 radical (unpaired) electrons. The van der Waals surface area contributed by atoms with Crippen LogP contribution in [-0.2, 0) is 12.8 Å². The highest BCUT2D eigenvalue weighted by Crippen LogP contribution is 2.25. The van der Waals surface area contributed by atoms with Gasteiger partial charge in [-0.3, -0.25) is 9.38 Å². The molecule has 5 nitrogen and oxygen atoms in total. The Labute approximate surface area is 150 Å². The molecule has 0 saturated heterocycles. The van der Waals surface area contributed by atoms with Gasteiger partial charge < -0.3 is 4.74 Å². The van der Waals surface area contributed by atoms with E-state index < -0.39 is 0 Å². The minimum atomic E-state index is -0.298. The summed E-state index contributed by atoms with van der Waals surface area (Å²) >= 11 is 0. The van der Waals surface area contributed by atoms with Crippen molar-refractivity contribution in [2.24, 2.45) is 0 Å². The van der Waals surface area contributed by atoms with Gasteiger partial charge in [0, 0.05) is 35.3 Å². The molecule has 0 saturated carbocycles. The van der Waals surface area contributed by atoms with Gasteiger partial charge in [0.1, 0.15) is 17.9 Å². The first-order chi connectivity index (χ1) is 12.8. The predicted octanol–water partition coefficient (Wildman–Crippen LogP) is 3.72. The summed E-state index contributed by atoms with van der Waals surface area (Å²) < 4.78 is 20.6. The summed E-state index contributed by atoms with van der Waals surface area (Å²) in [7, 11) is 1.55. The topological polar surface area (TPSA) is 52.3 Å². The van der Waals surface area contributed by atoms with Crippen molar-refractivity contribution in [3.05, 3.63) is 78.3 Å². The fraction of sp³-hybridized carbons (Fsp3) is 0.150. The van der Waals surface area contributed by atoms with Crippen molar-refractivity contribution >= 4 is 5.65 Å². The summed E-state index contributed by atoms with van der Waals surface area (Å²) in [5.74, 6) is 0.268. The molecule has 0 bridgehead atoms. The van der Waals surface area contributed by atoms with Crippen LogP contribution in [0.15, 0.2) is 61.2 Å². The van der Waals surface area contributed by atoms with Crippen molar-refractivity contribution in [3.8, 4) is 16.9 Å². The molecule has 26 heavy (non-hydrogen) atoms. The first kappa shape index (κ1) is 16.2. The van der Waals surface area contributed by atoms with Gasteiger partial charge in [-0.2, -0.15) is 0 Å². The summed E-state index contributed by atoms with van der Waals surface area (Å²) in [6, 6.07) is 12.6. The van der Waals surface area contributed by atoms with Crippen molar-refractivity contribution < 1.29 is 9.13 Å². The molecule has 0 spiro atoms. The molecule has 0 aliphatic carbocycles. The number of pyridine rings is 2. The maximum atomic E-state index is 13.4. The van der Waals surface area contributed by atoms with Crippen LogP contribution in [0.4, 0.5) is 4.39 Å². The third-order valence-electron chi connectivity index (χ3n) is 4.41. The van der Waals surface area contributed by atoms with Gasteiger partial charge in [0.05, 0.1) is 7.11 Å². The average molecular weight is 348 g/mol. The molecule has 130 valence electrons. The molecule has 0 atom stereocenters. The lowest BCUT2D eigenvalue weighted by Crippen LogP contribution is -2.02. The van der Waals surface area contributed by atoms with E-state index in [1.165, 1.54) is 12.1 Å². The summed E-state index contributed by atoms with van der Waals surface area (Å²) in [5.41, 5.74) is 4.81. The Hall–Kier alpha value is -3.28. The van der Waals surface area contributed by atoms with Crippen LogP contribution in [0.3, 0.4) is 0 Å². The van der Waals surface area contributed by atoms with Gasteiger partial charge in [0.25, 0.3) is 0 Å². The Morgan fingerprint density at radius 3 is 2.85 bits per heavy atom. The highest BCUT2D eigenvalue weighted by Gasteiger charge is 2.11. The van der Waals surface area contributed by atoms with Crippen molar-refractivity contribution in [2.75, 3.05) is 7.11 Å². The zero-order valence-corrected chi connectivity index (χ0v) is 14.3. The Kier molecular flexibility index (Phi) is 4.31. The maximum Gasteiger partial charge on any atom is 0.168 e. The summed E-state index contributed by atoms with van der Waals surface area (Å²) in [4.78, 5) is 4.17. The van der Waals surface area contributed by atoms with E-state index in [-0.39, 0.29) is 5.82 Å². The number of benzene rings is 1. The summed E-state index contributed by atoms with van der Waals surface area (Å²) in [6.45, 7) is 0. The van der Waals surface area contributed by atoms with Crippen LogP contribution in [0.2, 0.25) is 0 Å². The molecule has 4 aromatic rings. The second-order valence-electron chi connectivity index (χ2n) is 5.96. The zero-order valence-electron chi connectivity index (χ0n) is 14.3. The molecule has 0 aliphatic heterocycles. The smallest absolute Gasteiger partial charge is 0.168 e. The highest BCUT2D eigenvalue weighted by atomic mass is 19.1. The Morgan fingerprint density at radius 2 is 2.04 bits per heavy atom. The van der Waals surface area contributed by atoms with E-state index in [9.17, 15) is 4.39 Å². The number of ether oxygens (including phenoxy) is 1. The third kappa shape index (κ3) is 3.01. The van der Waals surface area contributed by atoms with Crippen LogP contribution in [-0.4, -0.2) is 26.7 Å². The minimum Gasteiger partial charge on any atom is -0.496 e. The first-order valence-electron chi connectivity index (χ1n) is 8.30. The van der Waals surface area contributed by atoms with Gasteiger partial charge in [0.15, 0.2) is 5.65 Å². The normalized spacial score (nSPS) is 11.0. The van der Waals surface area contributed by atoms with E-state index in [4.69, 9.17) is 4.74 Å². The number of aromatic nitrogens is 4. The van der Waals surface area contributed by atoms with E-state index in [1.54, 1.807) is 25.7 Å². The van der Waals surface area contributed by atoms with Crippen LogP contribution >= 0.6 is 0 Å². The van der Waals surface area contributed by atoms with Crippen LogP contribution in [0, 0.1) is 5.82 Å². The van der Waals surface area contributed by atoms with Gasteiger partial charge >= 0.3 is 0 Å². The van der Waals surface area contributed by atoms with E-state index in [1.807, 2.05) is 28.8 Å². The monoisotopic (exact) mass is 348 g/mol. The quantitative estimate of drug-likeness (QED) is 0.551. The van der Waals surface area contributed by atoms with Gasteiger partial charge in [-0.15, -0.1) is 10.2 Å². The van der Waals surface area contributed by atoms with Crippen molar-refractivity contribution in [1.29, 1.82) is 0 Å². The van der Waals surface area contributed by atoms with Crippen LogP contribution in [0.25, 0.3) is 16.8 Å². The molecule has 0 aliphatic rings. The van der Waals surface area contributed by atoms with E-state index in [0.29, 0.717) is 5.75 Å². The molecular formula is C20H17FN4O. The second kappa shape index (κ2) is 6.92. The number of rotatable bonds is 5. The molecule has 0 fully saturated rings. The van der Waals surface area contributed by atoms with Gasteiger partial charge in [0.2, 0.25) is 0 Å². The SMILES string of the molecule is COc1cc(F)ccc1CCc1ccc(-c2cccnc2)c2nncn12. The Balaban J connectivity index is 1.66. The van der Waals surface area contributed by atoms with Crippen LogP contribution in [0.5, 0.6) is 5.75 Å². The lowest BCUT2D eigenvalue weighted by Gasteiger charge is -2.11. The molecule has 0 unspecified atom stereocenters. The number of fused-ring (bicyclic) bond motifs is 1. The summed E-state index contributed by atoms with van der Waals surface area (Å²) in [6.07, 6.45) is 6.75. The van der Waals surface area contributed by atoms with E-state index in [0.717, 1.165) is 40.9 Å². The molecule has 0 N–H and O–H groups in total. The van der Waals surface area contributed by atoms with E-state index in [2.05, 4.69) is 21.2 Å². The number of nitrogens with zero attached hydrogens (tertiary/aromatic N) is 4. The fourth-order valence-corrected chi connectivity index (χ4v) is 3.10. The van der Waals surface area contributed by atoms with Crippen molar-refractivity contribution in [1.82, 2.24) is 19.6 Å². The van der Waals surface area contributed by atoms with Crippen molar-refractivity contribution in [3.63, 3.8) is 0 Å². The molecule has 6 heteroatoms. The van der Waals surface area contributed by atoms with Crippen LogP contribution in [0.1, 0.15) is 11.3 Å². The molecule has 3 aromatic heterocycles. The summed E-state index contributed by atoms with van der Waals surface area (Å²) in [5, 5.41) is 8.33. The molecule has 4 rings (SSSR count). The second-order valence-corrected chi connectivity index (χ2v) is 5.96. The Bertz CT molecular complexity index is 1050. The minimum absolute atomic E-state index is 0.298. The first-order valence-corrected chi connectivity index (χ1v) is 8.30. The predicted molar refractivity (Wildman–Crippen MR) is 96.6 cm³/mol. The average Bonchev–Trinajstić information content (AvgIpc) is 3.17. The fourth-order valence-electron chi connectivity index (χ4n) is 3.10. The van der Waals surface area contributed by atoms with Gasteiger partial charge in [-0.1, -0.05) is 12.1 Å². The molecule has 1 aromatic carbocycles. The number of methoxy groups -OCH3 is 1. The lowest BCUT2D eigenvalue weighted by molar-refractivity contribution is 0.406. The lowest BCUT2D eigenvalue weighted by atomic mass is 10.0. The van der Waals surface area contributed by atoms with E-state index >= 15 is 0 Å². The standard InChI is InChI=1S/C20H17FN4O/c1-26-19-11-16(21)6-4-14(19)5-7-17-8-9-18(15-3-2-10-22-12-15)20-24-23-13-25(17)20/h2-4,6,8-13H,5,7H2,1H3. The molecular weight excluding hydrogens is 331 g/mol. The third-order valence-corrected chi connectivity index (χ3v) is 4.41. The van der Waals surface area contributed by atoms with Crippen LogP contribution < -0.4 is 4.74 Å². The molecule has 0 amide bonds. The highest BCUT2D eigenvalue weighted by molar-refractivity contribution is 5.76. The van der Waals surface area contributed by atoms with Gasteiger partial charge in [-0.25, -0.2) is 4.39 Å². The maximum absolute atomic E-state index is 13.4. The largest absolute Gasteiger partial charge is 0.496 e.